The number of benzene rings is 1. The Hall–Kier alpha value is -1.75. The lowest BCUT2D eigenvalue weighted by Gasteiger charge is -2.21. The Kier molecular flexibility index (Phi) is 7.37. The van der Waals surface area contributed by atoms with Crippen LogP contribution in [0, 0.1) is 0 Å². The molecule has 6 heteroatoms. The number of halogens is 1. The van der Waals surface area contributed by atoms with Crippen LogP contribution in [0.3, 0.4) is 0 Å². The van der Waals surface area contributed by atoms with Crippen LogP contribution in [0.2, 0.25) is 5.02 Å². The summed E-state index contributed by atoms with van der Waals surface area (Å²) in [4.78, 5) is 25.9. The first-order chi connectivity index (χ1) is 11.6. The van der Waals surface area contributed by atoms with Gasteiger partial charge in [0.1, 0.15) is 0 Å². The first-order valence-corrected chi connectivity index (χ1v) is 9.09. The van der Waals surface area contributed by atoms with Crippen LogP contribution in [-0.4, -0.2) is 36.3 Å². The Morgan fingerprint density at radius 1 is 1.17 bits per heavy atom. The van der Waals surface area contributed by atoms with E-state index in [1.165, 1.54) is 12.8 Å². The van der Waals surface area contributed by atoms with Gasteiger partial charge in [-0.2, -0.15) is 0 Å². The predicted octanol–water partition coefficient (Wildman–Crippen LogP) is 3.89. The quantitative estimate of drug-likeness (QED) is 0.817. The van der Waals surface area contributed by atoms with Crippen LogP contribution < -0.4 is 10.6 Å². The highest BCUT2D eigenvalue weighted by Crippen LogP contribution is 2.25. The number of carbonyl (C=O) groups excluding carboxylic acids is 2. The summed E-state index contributed by atoms with van der Waals surface area (Å²) in [5.41, 5.74) is 1.34. The summed E-state index contributed by atoms with van der Waals surface area (Å²) in [6.45, 7) is 3.84. The van der Waals surface area contributed by atoms with Gasteiger partial charge in [0.15, 0.2) is 0 Å². The molecule has 1 saturated heterocycles. The van der Waals surface area contributed by atoms with E-state index < -0.39 is 0 Å². The molecule has 1 heterocycles. The Morgan fingerprint density at radius 3 is 2.54 bits per heavy atom. The van der Waals surface area contributed by atoms with Gasteiger partial charge in [-0.15, -0.1) is 0 Å². The number of nitrogens with zero attached hydrogens (tertiary/aromatic N) is 1. The van der Waals surface area contributed by atoms with Gasteiger partial charge in [-0.05, 0) is 37.5 Å². The van der Waals surface area contributed by atoms with Gasteiger partial charge in [-0.3, -0.25) is 9.59 Å². The van der Waals surface area contributed by atoms with Crippen molar-refractivity contribution in [3.63, 3.8) is 0 Å². The molecular weight excluding hydrogens is 326 g/mol. The second-order valence-electron chi connectivity index (χ2n) is 6.14. The number of carbonyl (C=O) groups is 2. The standard InChI is InChI=1S/C18H26ClN3O2/c1-2-7-17(23)21-14-8-9-15(19)16(12-14)20-13-18(24)22-10-5-3-4-6-11-22/h8-9,12,20H,2-7,10-11,13H2,1H3,(H,21,23). The summed E-state index contributed by atoms with van der Waals surface area (Å²) in [5, 5.41) is 6.47. The van der Waals surface area contributed by atoms with Gasteiger partial charge < -0.3 is 15.5 Å². The largest absolute Gasteiger partial charge is 0.375 e. The SMILES string of the molecule is CCCC(=O)Nc1ccc(Cl)c(NCC(=O)N2CCCCCC2)c1. The highest BCUT2D eigenvalue weighted by Gasteiger charge is 2.15. The number of hydrogen-bond acceptors (Lipinski definition) is 3. The molecule has 0 atom stereocenters. The zero-order valence-electron chi connectivity index (χ0n) is 14.2. The molecule has 24 heavy (non-hydrogen) atoms. The second-order valence-corrected chi connectivity index (χ2v) is 6.55. The number of rotatable bonds is 6. The van der Waals surface area contributed by atoms with Crippen LogP contribution in [0.5, 0.6) is 0 Å². The van der Waals surface area contributed by atoms with E-state index >= 15 is 0 Å². The lowest BCUT2D eigenvalue weighted by molar-refractivity contribution is -0.129. The average molecular weight is 352 g/mol. The molecule has 2 rings (SSSR count). The summed E-state index contributed by atoms with van der Waals surface area (Å²) < 4.78 is 0. The molecular formula is C18H26ClN3O2. The minimum absolute atomic E-state index is 0.0218. The minimum Gasteiger partial charge on any atom is -0.375 e. The van der Waals surface area contributed by atoms with Gasteiger partial charge >= 0.3 is 0 Å². The molecule has 0 radical (unpaired) electrons. The molecule has 2 N–H and O–H groups in total. The molecule has 1 aliphatic rings. The van der Waals surface area contributed by atoms with E-state index in [4.69, 9.17) is 11.6 Å². The van der Waals surface area contributed by atoms with Crippen molar-refractivity contribution >= 4 is 34.8 Å². The first kappa shape index (κ1) is 18.6. The molecule has 0 aromatic heterocycles. The van der Waals surface area contributed by atoms with E-state index in [9.17, 15) is 9.59 Å². The van der Waals surface area contributed by atoms with Crippen molar-refractivity contribution in [1.29, 1.82) is 0 Å². The molecule has 1 aromatic carbocycles. The summed E-state index contributed by atoms with van der Waals surface area (Å²) in [7, 11) is 0. The van der Waals surface area contributed by atoms with E-state index in [0.29, 0.717) is 22.8 Å². The lowest BCUT2D eigenvalue weighted by Crippen LogP contribution is -2.36. The number of hydrogen-bond donors (Lipinski definition) is 2. The zero-order chi connectivity index (χ0) is 17.4. The molecule has 132 valence electrons. The van der Waals surface area contributed by atoms with Gasteiger partial charge in [0.25, 0.3) is 0 Å². The van der Waals surface area contributed by atoms with Crippen LogP contribution >= 0.6 is 11.6 Å². The molecule has 0 aliphatic carbocycles. The van der Waals surface area contributed by atoms with Crippen molar-refractivity contribution in [2.75, 3.05) is 30.3 Å². The van der Waals surface area contributed by atoms with E-state index in [2.05, 4.69) is 10.6 Å². The van der Waals surface area contributed by atoms with Crippen LogP contribution in [-0.2, 0) is 9.59 Å². The smallest absolute Gasteiger partial charge is 0.241 e. The Labute approximate surface area is 148 Å². The van der Waals surface area contributed by atoms with Gasteiger partial charge in [-0.1, -0.05) is 31.4 Å². The second kappa shape index (κ2) is 9.52. The van der Waals surface area contributed by atoms with Crippen molar-refractivity contribution in [3.8, 4) is 0 Å². The summed E-state index contributed by atoms with van der Waals surface area (Å²) in [6, 6.07) is 5.26. The van der Waals surface area contributed by atoms with Gasteiger partial charge in [-0.25, -0.2) is 0 Å². The van der Waals surface area contributed by atoms with E-state index in [1.54, 1.807) is 18.2 Å². The molecule has 0 bridgehead atoms. The van der Waals surface area contributed by atoms with Crippen molar-refractivity contribution in [3.05, 3.63) is 23.2 Å². The summed E-state index contributed by atoms with van der Waals surface area (Å²) in [5.74, 6) is 0.0693. The van der Waals surface area contributed by atoms with Crippen LogP contribution in [0.15, 0.2) is 18.2 Å². The fourth-order valence-corrected chi connectivity index (χ4v) is 2.98. The molecule has 1 aromatic rings. The maximum absolute atomic E-state index is 12.3. The van der Waals surface area contributed by atoms with Crippen molar-refractivity contribution in [2.45, 2.75) is 45.4 Å². The number of nitrogens with one attached hydrogen (secondary N) is 2. The Balaban J connectivity index is 1.93. The van der Waals surface area contributed by atoms with Crippen molar-refractivity contribution in [2.24, 2.45) is 0 Å². The number of amides is 2. The fraction of sp³-hybridized carbons (Fsp3) is 0.556. The third kappa shape index (κ3) is 5.71. The van der Waals surface area contributed by atoms with Gasteiger partial charge in [0.2, 0.25) is 11.8 Å². The van der Waals surface area contributed by atoms with Crippen LogP contribution in [0.25, 0.3) is 0 Å². The first-order valence-electron chi connectivity index (χ1n) is 8.71. The van der Waals surface area contributed by atoms with Crippen molar-refractivity contribution < 1.29 is 9.59 Å². The fourth-order valence-electron chi connectivity index (χ4n) is 2.79. The highest BCUT2D eigenvalue weighted by molar-refractivity contribution is 6.33. The lowest BCUT2D eigenvalue weighted by atomic mass is 10.2. The van der Waals surface area contributed by atoms with E-state index in [-0.39, 0.29) is 18.4 Å². The molecule has 2 amide bonds. The maximum atomic E-state index is 12.3. The average Bonchev–Trinajstić information content (AvgIpc) is 2.84. The van der Waals surface area contributed by atoms with Crippen molar-refractivity contribution in [1.82, 2.24) is 4.90 Å². The Morgan fingerprint density at radius 2 is 1.88 bits per heavy atom. The minimum atomic E-state index is -0.0218. The molecule has 0 saturated carbocycles. The third-order valence-corrected chi connectivity index (χ3v) is 4.45. The van der Waals surface area contributed by atoms with E-state index in [0.717, 1.165) is 32.4 Å². The monoisotopic (exact) mass is 351 g/mol. The van der Waals surface area contributed by atoms with Crippen LogP contribution in [0.4, 0.5) is 11.4 Å². The topological polar surface area (TPSA) is 61.4 Å². The molecule has 1 aliphatic heterocycles. The summed E-state index contributed by atoms with van der Waals surface area (Å²) in [6.07, 6.45) is 5.83. The summed E-state index contributed by atoms with van der Waals surface area (Å²) >= 11 is 6.19. The highest BCUT2D eigenvalue weighted by atomic mass is 35.5. The Bertz CT molecular complexity index is 569. The van der Waals surface area contributed by atoms with Gasteiger partial charge in [0.05, 0.1) is 17.3 Å². The number of likely N-dealkylation sites (tertiary alicyclic amines) is 1. The molecule has 5 nitrogen and oxygen atoms in total. The van der Waals surface area contributed by atoms with E-state index in [1.807, 2.05) is 11.8 Å². The normalized spacial score (nSPS) is 14.8. The van der Waals surface area contributed by atoms with Crippen LogP contribution in [0.1, 0.15) is 45.4 Å². The molecule has 1 fully saturated rings. The molecule has 0 unspecified atom stereocenters. The zero-order valence-corrected chi connectivity index (χ0v) is 15.0. The third-order valence-electron chi connectivity index (χ3n) is 4.12. The predicted molar refractivity (Wildman–Crippen MR) is 98.5 cm³/mol. The van der Waals surface area contributed by atoms with Gasteiger partial charge in [0, 0.05) is 25.2 Å². The molecule has 0 spiro atoms. The number of anilines is 2. The maximum Gasteiger partial charge on any atom is 0.241 e.